The molecule has 1 atom stereocenters. The van der Waals surface area contributed by atoms with E-state index in [1.165, 1.54) is 4.31 Å². The number of carbonyl (C=O) groups excluding carboxylic acids is 1. The van der Waals surface area contributed by atoms with Gasteiger partial charge in [-0.3, -0.25) is 9.10 Å². The second kappa shape index (κ2) is 10.9. The minimum atomic E-state index is -3.46. The maximum absolute atomic E-state index is 12.4. The summed E-state index contributed by atoms with van der Waals surface area (Å²) in [5, 5.41) is 3.02. The van der Waals surface area contributed by atoms with Crippen molar-refractivity contribution in [1.82, 2.24) is 5.32 Å². The van der Waals surface area contributed by atoms with Crippen molar-refractivity contribution in [3.63, 3.8) is 0 Å². The highest BCUT2D eigenvalue weighted by molar-refractivity contribution is 7.92. The van der Waals surface area contributed by atoms with Crippen LogP contribution >= 0.6 is 0 Å². The van der Waals surface area contributed by atoms with Gasteiger partial charge in [-0.2, -0.15) is 0 Å². The van der Waals surface area contributed by atoms with E-state index in [-0.39, 0.29) is 24.9 Å². The minimum Gasteiger partial charge on any atom is -0.497 e. The molecule has 8 heteroatoms. The summed E-state index contributed by atoms with van der Waals surface area (Å²) in [6.45, 7) is 2.22. The molecule has 2 aromatic carbocycles. The van der Waals surface area contributed by atoms with Crippen LogP contribution in [-0.4, -0.2) is 41.3 Å². The number of carbonyl (C=O) groups is 1. The van der Waals surface area contributed by atoms with Crippen molar-refractivity contribution in [2.45, 2.75) is 32.2 Å². The number of rotatable bonds is 11. The van der Waals surface area contributed by atoms with Crippen LogP contribution in [0.3, 0.4) is 0 Å². The number of nitrogens with one attached hydrogen (secondary N) is 1. The van der Waals surface area contributed by atoms with Crippen molar-refractivity contribution < 1.29 is 22.7 Å². The lowest BCUT2D eigenvalue weighted by Crippen LogP contribution is -2.33. The molecule has 0 unspecified atom stereocenters. The third kappa shape index (κ3) is 6.66. The third-order valence-corrected chi connectivity index (χ3v) is 5.98. The molecule has 1 amide bonds. The van der Waals surface area contributed by atoms with Gasteiger partial charge in [-0.1, -0.05) is 19.1 Å². The number of benzene rings is 2. The average molecular weight is 435 g/mol. The predicted molar refractivity (Wildman–Crippen MR) is 119 cm³/mol. The summed E-state index contributed by atoms with van der Waals surface area (Å²) >= 11 is 0. The number of hydrogen-bond acceptors (Lipinski definition) is 5. The summed E-state index contributed by atoms with van der Waals surface area (Å²) in [4.78, 5) is 12.4. The monoisotopic (exact) mass is 434 g/mol. The van der Waals surface area contributed by atoms with Crippen LogP contribution in [0.25, 0.3) is 0 Å². The van der Waals surface area contributed by atoms with E-state index in [0.29, 0.717) is 17.9 Å². The second-order valence-electron chi connectivity index (χ2n) is 6.94. The van der Waals surface area contributed by atoms with E-state index >= 15 is 0 Å². The number of amides is 1. The van der Waals surface area contributed by atoms with Crippen molar-refractivity contribution >= 4 is 21.6 Å². The van der Waals surface area contributed by atoms with E-state index in [0.717, 1.165) is 24.0 Å². The molecule has 0 saturated carbocycles. The second-order valence-corrected chi connectivity index (χ2v) is 8.85. The zero-order valence-electron chi connectivity index (χ0n) is 17.9. The summed E-state index contributed by atoms with van der Waals surface area (Å²) in [5.74, 6) is 1.30. The summed E-state index contributed by atoms with van der Waals surface area (Å²) < 4.78 is 36.0. The highest BCUT2D eigenvalue weighted by atomic mass is 32.2. The fourth-order valence-electron chi connectivity index (χ4n) is 3.14. The SMILES string of the molecule is CC[C@H](NC(=O)CCCN(c1ccc(OC)cc1)S(C)(=O)=O)c1ccc(OC)cc1. The first-order chi connectivity index (χ1) is 14.3. The Morgan fingerprint density at radius 3 is 2.00 bits per heavy atom. The molecule has 30 heavy (non-hydrogen) atoms. The molecule has 2 rings (SSSR count). The first-order valence-corrected chi connectivity index (χ1v) is 11.7. The van der Waals surface area contributed by atoms with E-state index in [2.05, 4.69) is 5.32 Å². The lowest BCUT2D eigenvalue weighted by atomic mass is 10.0. The minimum absolute atomic E-state index is 0.101. The molecule has 0 radical (unpaired) electrons. The summed E-state index contributed by atoms with van der Waals surface area (Å²) in [6.07, 6.45) is 2.55. The maximum atomic E-state index is 12.4. The molecule has 0 aliphatic heterocycles. The summed E-state index contributed by atoms with van der Waals surface area (Å²) in [5.41, 5.74) is 1.55. The Morgan fingerprint density at radius 2 is 1.53 bits per heavy atom. The quantitative estimate of drug-likeness (QED) is 0.585. The number of ether oxygens (including phenoxy) is 2. The number of hydrogen-bond donors (Lipinski definition) is 1. The lowest BCUT2D eigenvalue weighted by Gasteiger charge is -2.23. The number of methoxy groups -OCH3 is 2. The Balaban J connectivity index is 1.95. The zero-order chi connectivity index (χ0) is 22.1. The predicted octanol–water partition coefficient (Wildman–Crippen LogP) is 3.52. The van der Waals surface area contributed by atoms with Crippen LogP contribution < -0.4 is 19.1 Å². The van der Waals surface area contributed by atoms with Gasteiger partial charge in [0.15, 0.2) is 0 Å². The van der Waals surface area contributed by atoms with Gasteiger partial charge < -0.3 is 14.8 Å². The van der Waals surface area contributed by atoms with Crippen LogP contribution in [0, 0.1) is 0 Å². The van der Waals surface area contributed by atoms with Crippen LogP contribution in [-0.2, 0) is 14.8 Å². The molecule has 0 spiro atoms. The summed E-state index contributed by atoms with van der Waals surface area (Å²) in [6, 6.07) is 14.3. The van der Waals surface area contributed by atoms with Gasteiger partial charge in [0.05, 0.1) is 32.2 Å². The van der Waals surface area contributed by atoms with Crippen LogP contribution in [0.4, 0.5) is 5.69 Å². The first kappa shape index (κ1) is 23.5. The van der Waals surface area contributed by atoms with Crippen molar-refractivity contribution in [1.29, 1.82) is 0 Å². The Kier molecular flexibility index (Phi) is 8.53. The third-order valence-electron chi connectivity index (χ3n) is 4.79. The van der Waals surface area contributed by atoms with E-state index < -0.39 is 10.0 Å². The largest absolute Gasteiger partial charge is 0.497 e. The van der Waals surface area contributed by atoms with Crippen molar-refractivity contribution in [2.75, 3.05) is 31.3 Å². The highest BCUT2D eigenvalue weighted by Gasteiger charge is 2.18. The van der Waals surface area contributed by atoms with E-state index in [4.69, 9.17) is 9.47 Å². The molecule has 0 aliphatic carbocycles. The molecule has 0 aromatic heterocycles. The average Bonchev–Trinajstić information content (AvgIpc) is 2.74. The highest BCUT2D eigenvalue weighted by Crippen LogP contribution is 2.23. The van der Waals surface area contributed by atoms with Gasteiger partial charge in [-0.05, 0) is 54.8 Å². The molecular formula is C22H30N2O5S. The molecule has 1 N–H and O–H groups in total. The normalized spacial score (nSPS) is 12.1. The molecule has 2 aromatic rings. The number of sulfonamides is 1. The first-order valence-electron chi connectivity index (χ1n) is 9.83. The fraction of sp³-hybridized carbons (Fsp3) is 0.409. The van der Waals surface area contributed by atoms with Crippen molar-refractivity contribution in [3.05, 3.63) is 54.1 Å². The Labute approximate surface area is 179 Å². The number of nitrogens with zero attached hydrogens (tertiary/aromatic N) is 1. The van der Waals surface area contributed by atoms with Crippen molar-refractivity contribution in [2.24, 2.45) is 0 Å². The van der Waals surface area contributed by atoms with Crippen LogP contribution in [0.5, 0.6) is 11.5 Å². The molecule has 164 valence electrons. The van der Waals surface area contributed by atoms with E-state index in [1.54, 1.807) is 38.5 Å². The Hall–Kier alpha value is -2.74. The summed E-state index contributed by atoms with van der Waals surface area (Å²) in [7, 11) is -0.300. The molecule has 0 fully saturated rings. The van der Waals surface area contributed by atoms with Gasteiger partial charge in [0, 0.05) is 13.0 Å². The van der Waals surface area contributed by atoms with Crippen LogP contribution in [0.2, 0.25) is 0 Å². The van der Waals surface area contributed by atoms with Crippen molar-refractivity contribution in [3.8, 4) is 11.5 Å². The van der Waals surface area contributed by atoms with Gasteiger partial charge >= 0.3 is 0 Å². The maximum Gasteiger partial charge on any atom is 0.232 e. The van der Waals surface area contributed by atoms with E-state index in [9.17, 15) is 13.2 Å². The van der Waals surface area contributed by atoms with Gasteiger partial charge in [0.1, 0.15) is 11.5 Å². The Morgan fingerprint density at radius 1 is 1.00 bits per heavy atom. The van der Waals surface area contributed by atoms with Gasteiger partial charge in [-0.15, -0.1) is 0 Å². The standard InChI is InChI=1S/C22H30N2O5S/c1-5-21(17-8-12-19(28-2)13-9-17)23-22(25)7-6-16-24(30(4,26)27)18-10-14-20(29-3)15-11-18/h8-15,21H,5-7,16H2,1-4H3,(H,23,25)/t21-/m0/s1. The number of anilines is 1. The van der Waals surface area contributed by atoms with Crippen LogP contribution in [0.15, 0.2) is 48.5 Å². The van der Waals surface area contributed by atoms with Crippen LogP contribution in [0.1, 0.15) is 37.8 Å². The Bertz CT molecular complexity index is 912. The smallest absolute Gasteiger partial charge is 0.232 e. The van der Waals surface area contributed by atoms with Gasteiger partial charge in [0.2, 0.25) is 15.9 Å². The van der Waals surface area contributed by atoms with E-state index in [1.807, 2.05) is 31.2 Å². The molecule has 7 nitrogen and oxygen atoms in total. The van der Waals surface area contributed by atoms with Gasteiger partial charge in [0.25, 0.3) is 0 Å². The molecule has 0 aliphatic rings. The molecule has 0 saturated heterocycles. The zero-order valence-corrected chi connectivity index (χ0v) is 18.7. The molecule has 0 heterocycles. The van der Waals surface area contributed by atoms with Gasteiger partial charge in [-0.25, -0.2) is 8.42 Å². The fourth-order valence-corrected chi connectivity index (χ4v) is 4.11. The molecular weight excluding hydrogens is 404 g/mol. The molecule has 0 bridgehead atoms. The topological polar surface area (TPSA) is 84.9 Å². The lowest BCUT2D eigenvalue weighted by molar-refractivity contribution is -0.121.